The van der Waals surface area contributed by atoms with E-state index in [4.69, 9.17) is 25.4 Å². The van der Waals surface area contributed by atoms with Gasteiger partial charge in [-0.25, -0.2) is 0 Å². The monoisotopic (exact) mass is 455 g/mol. The van der Waals surface area contributed by atoms with Crippen LogP contribution in [-0.2, 0) is 32.7 Å². The molecule has 0 radical (unpaired) electrons. The number of carbonyl (C=O) groups is 3. The van der Waals surface area contributed by atoms with E-state index in [0.717, 1.165) is 0 Å². The maximum Gasteiger partial charge on any atom is 0.349 e. The summed E-state index contributed by atoms with van der Waals surface area (Å²) in [5.74, 6) is -1.79. The number of carbonyl (C=O) groups excluding carboxylic acids is 3. The van der Waals surface area contributed by atoms with Gasteiger partial charge in [0, 0.05) is 5.41 Å². The first-order valence-corrected chi connectivity index (χ1v) is 11.7. The average molecular weight is 456 g/mol. The summed E-state index contributed by atoms with van der Waals surface area (Å²) < 4.78 is 28.6. The molecule has 0 aromatic rings. The molecule has 1 aliphatic rings. The second kappa shape index (κ2) is 11.3. The summed E-state index contributed by atoms with van der Waals surface area (Å²) in [5, 5.41) is 4.98. The zero-order valence-corrected chi connectivity index (χ0v) is 19.2. The van der Waals surface area contributed by atoms with Crippen molar-refractivity contribution in [2.45, 2.75) is 46.9 Å². The van der Waals surface area contributed by atoms with Crippen molar-refractivity contribution in [3.05, 3.63) is 0 Å². The van der Waals surface area contributed by atoms with Crippen LogP contribution in [0.2, 0.25) is 0 Å². The van der Waals surface area contributed by atoms with E-state index >= 15 is 0 Å². The molecular weight excluding hydrogens is 425 g/mol. The number of nitrogens with one attached hydrogen (secondary N) is 2. The Kier molecular flexibility index (Phi) is 10.0. The smallest absolute Gasteiger partial charge is 0.349 e. The van der Waals surface area contributed by atoms with Crippen molar-refractivity contribution in [1.29, 1.82) is 0 Å². The van der Waals surface area contributed by atoms with Gasteiger partial charge in [-0.15, -0.1) is 11.6 Å². The summed E-state index contributed by atoms with van der Waals surface area (Å²) >= 11 is 5.43. The van der Waals surface area contributed by atoms with Gasteiger partial charge in [0.05, 0.1) is 26.4 Å². The van der Waals surface area contributed by atoms with Crippen LogP contribution >= 0.6 is 19.2 Å². The molecule has 0 bridgehead atoms. The molecule has 10 nitrogen and oxygen atoms in total. The van der Waals surface area contributed by atoms with Crippen LogP contribution in [0.25, 0.3) is 0 Å². The van der Waals surface area contributed by atoms with E-state index in [1.54, 1.807) is 34.6 Å². The second-order valence-corrected chi connectivity index (χ2v) is 9.48. The van der Waals surface area contributed by atoms with Crippen LogP contribution in [0.4, 0.5) is 0 Å². The van der Waals surface area contributed by atoms with Gasteiger partial charge in [-0.3, -0.25) is 18.9 Å². The van der Waals surface area contributed by atoms with E-state index in [1.165, 1.54) is 4.90 Å². The van der Waals surface area contributed by atoms with E-state index in [1.807, 2.05) is 0 Å². The predicted octanol–water partition coefficient (Wildman–Crippen LogP) is 1.28. The van der Waals surface area contributed by atoms with Crippen molar-refractivity contribution in [2.75, 3.05) is 38.5 Å². The summed E-state index contributed by atoms with van der Waals surface area (Å²) in [6.45, 7) is 8.79. The zero-order chi connectivity index (χ0) is 22.2. The molecule has 2 N–H and O–H groups in total. The third-order valence-corrected chi connectivity index (χ3v) is 6.39. The molecule has 1 rings (SSSR count). The fourth-order valence-corrected chi connectivity index (χ4v) is 4.50. The molecule has 2 unspecified atom stereocenters. The molecule has 1 saturated heterocycles. The average Bonchev–Trinajstić information content (AvgIpc) is 2.65. The lowest BCUT2D eigenvalue weighted by atomic mass is 9.82. The summed E-state index contributed by atoms with van der Waals surface area (Å²) in [7, 11) is -3.49. The highest BCUT2D eigenvalue weighted by Gasteiger charge is 2.48. The largest absolute Gasteiger partial charge is 0.358 e. The van der Waals surface area contributed by atoms with Crippen molar-refractivity contribution >= 4 is 36.9 Å². The van der Waals surface area contributed by atoms with Crippen molar-refractivity contribution < 1.29 is 32.7 Å². The molecule has 0 saturated carbocycles. The van der Waals surface area contributed by atoms with Gasteiger partial charge in [0.15, 0.2) is 0 Å². The lowest BCUT2D eigenvalue weighted by Gasteiger charge is -2.48. The number of hydrogen-bond acceptors (Lipinski definition) is 7. The lowest BCUT2D eigenvalue weighted by Crippen LogP contribution is -2.65. The normalized spacial score (nSPS) is 21.5. The van der Waals surface area contributed by atoms with Crippen molar-refractivity contribution in [2.24, 2.45) is 5.41 Å². The molecule has 12 heteroatoms. The van der Waals surface area contributed by atoms with Crippen LogP contribution in [0, 0.1) is 5.41 Å². The van der Waals surface area contributed by atoms with Gasteiger partial charge < -0.3 is 29.3 Å². The van der Waals surface area contributed by atoms with Crippen LogP contribution in [0.5, 0.6) is 0 Å². The fraction of sp³-hybridized carbons (Fsp3) is 0.824. The molecule has 0 aliphatic carbocycles. The first-order valence-electron chi connectivity index (χ1n) is 9.42. The number of hydrogen-bond donors (Lipinski definition) is 2. The Balaban J connectivity index is 3.00. The Morgan fingerprint density at radius 2 is 1.79 bits per heavy atom. The molecule has 29 heavy (non-hydrogen) atoms. The third kappa shape index (κ3) is 7.22. The number of halogens is 1. The fourth-order valence-electron chi connectivity index (χ4n) is 3.02. The molecule has 0 aromatic carbocycles. The SMILES string of the molecule is CCOP(=O)(CNC(=O)C1N(C(=O)CNC(=O)CCl)C(C)OCC1(C)C)OCC. The molecule has 1 heterocycles. The highest BCUT2D eigenvalue weighted by Crippen LogP contribution is 2.46. The maximum atomic E-state index is 13.0. The molecule has 0 aromatic heterocycles. The molecule has 3 amide bonds. The van der Waals surface area contributed by atoms with Gasteiger partial charge in [0.2, 0.25) is 17.7 Å². The second-order valence-electron chi connectivity index (χ2n) is 7.16. The highest BCUT2D eigenvalue weighted by molar-refractivity contribution is 7.53. The Morgan fingerprint density at radius 3 is 2.31 bits per heavy atom. The summed E-state index contributed by atoms with van der Waals surface area (Å²) in [4.78, 5) is 38.4. The van der Waals surface area contributed by atoms with Crippen LogP contribution < -0.4 is 10.6 Å². The van der Waals surface area contributed by atoms with Crippen molar-refractivity contribution in [3.8, 4) is 0 Å². The van der Waals surface area contributed by atoms with Crippen LogP contribution in [0.1, 0.15) is 34.6 Å². The van der Waals surface area contributed by atoms with Crippen molar-refractivity contribution in [1.82, 2.24) is 15.5 Å². The lowest BCUT2D eigenvalue weighted by molar-refractivity contribution is -0.189. The van der Waals surface area contributed by atoms with Crippen molar-refractivity contribution in [3.63, 3.8) is 0 Å². The molecular formula is C17H31ClN3O7P. The van der Waals surface area contributed by atoms with E-state index in [2.05, 4.69) is 10.6 Å². The number of alkyl halides is 1. The minimum atomic E-state index is -3.49. The molecule has 168 valence electrons. The predicted molar refractivity (Wildman–Crippen MR) is 107 cm³/mol. The Labute approximate surface area is 176 Å². The summed E-state index contributed by atoms with van der Waals surface area (Å²) in [6.07, 6.45) is -1.01. The van der Waals surface area contributed by atoms with Gasteiger partial charge in [-0.2, -0.15) is 0 Å². The quantitative estimate of drug-likeness (QED) is 0.375. The van der Waals surface area contributed by atoms with E-state index in [9.17, 15) is 18.9 Å². The Bertz CT molecular complexity index is 637. The Hall–Kier alpha value is -1.19. The summed E-state index contributed by atoms with van der Waals surface area (Å²) in [6, 6.07) is -0.914. The van der Waals surface area contributed by atoms with E-state index < -0.39 is 43.0 Å². The standard InChI is InChI=1S/C17H31ClN3O7P/c1-6-27-29(25,28-7-2)11-20-16(24)15-17(4,5)10-26-12(3)21(15)14(23)9-19-13(22)8-18/h12,15H,6-11H2,1-5H3,(H,19,22)(H,20,24). The van der Waals surface area contributed by atoms with Gasteiger partial charge in [-0.1, -0.05) is 13.8 Å². The minimum absolute atomic E-state index is 0.165. The first-order chi connectivity index (χ1) is 13.5. The van der Waals surface area contributed by atoms with Gasteiger partial charge in [0.1, 0.15) is 24.4 Å². The number of ether oxygens (including phenoxy) is 1. The van der Waals surface area contributed by atoms with Crippen LogP contribution in [0.15, 0.2) is 0 Å². The zero-order valence-electron chi connectivity index (χ0n) is 17.5. The minimum Gasteiger partial charge on any atom is -0.358 e. The van der Waals surface area contributed by atoms with Crippen LogP contribution in [0.3, 0.4) is 0 Å². The Morgan fingerprint density at radius 1 is 1.21 bits per heavy atom. The number of amides is 3. The molecule has 1 aliphatic heterocycles. The first kappa shape index (κ1) is 25.8. The highest BCUT2D eigenvalue weighted by atomic mass is 35.5. The van der Waals surface area contributed by atoms with Crippen LogP contribution in [-0.4, -0.2) is 73.4 Å². The van der Waals surface area contributed by atoms with E-state index in [-0.39, 0.29) is 38.5 Å². The molecule has 2 atom stereocenters. The maximum absolute atomic E-state index is 13.0. The third-order valence-electron chi connectivity index (χ3n) is 4.30. The van der Waals surface area contributed by atoms with Gasteiger partial charge in [-0.05, 0) is 20.8 Å². The molecule has 1 fully saturated rings. The number of rotatable bonds is 10. The number of nitrogens with zero attached hydrogens (tertiary/aromatic N) is 1. The topological polar surface area (TPSA) is 123 Å². The van der Waals surface area contributed by atoms with Gasteiger partial charge >= 0.3 is 7.60 Å². The van der Waals surface area contributed by atoms with Gasteiger partial charge in [0.25, 0.3) is 0 Å². The molecule has 0 spiro atoms. The van der Waals surface area contributed by atoms with E-state index in [0.29, 0.717) is 0 Å². The summed E-state index contributed by atoms with van der Waals surface area (Å²) in [5.41, 5.74) is -0.732.